The van der Waals surface area contributed by atoms with Crippen molar-refractivity contribution in [3.63, 3.8) is 0 Å². The van der Waals surface area contributed by atoms with Crippen LogP contribution < -0.4 is 5.73 Å². The second-order valence-electron chi connectivity index (χ2n) is 3.36. The highest BCUT2D eigenvalue weighted by Crippen LogP contribution is 2.34. The molecule has 0 amide bonds. The molecule has 0 saturated carbocycles. The Balaban J connectivity index is 3.48. The average Bonchev–Trinajstić information content (AvgIpc) is 2.27. The van der Waals surface area contributed by atoms with Crippen LogP contribution in [0.2, 0.25) is 0 Å². The minimum atomic E-state index is -4.76. The molecule has 2 N–H and O–H groups in total. The van der Waals surface area contributed by atoms with E-state index in [-0.39, 0.29) is 5.56 Å². The van der Waals surface area contributed by atoms with E-state index in [1.165, 1.54) is 6.07 Å². The molecular weight excluding hydrogens is 257 g/mol. The van der Waals surface area contributed by atoms with Gasteiger partial charge >= 0.3 is 6.18 Å². The van der Waals surface area contributed by atoms with E-state index in [0.29, 0.717) is 6.07 Å². The van der Waals surface area contributed by atoms with Gasteiger partial charge in [0.05, 0.1) is 23.7 Å². The van der Waals surface area contributed by atoms with Crippen molar-refractivity contribution in [3.05, 3.63) is 28.6 Å². The number of halogens is 5. The lowest BCUT2D eigenvalue weighted by Crippen LogP contribution is -2.15. The molecule has 3 nitrogen and oxygen atoms in total. The Labute approximate surface area is 99.0 Å². The Kier molecular flexibility index (Phi) is 4.19. The molecule has 18 heavy (non-hydrogen) atoms. The van der Waals surface area contributed by atoms with Gasteiger partial charge in [0.1, 0.15) is 5.69 Å². The molecule has 8 heteroatoms. The second-order valence-corrected chi connectivity index (χ2v) is 3.36. The fourth-order valence-corrected chi connectivity index (χ4v) is 1.42. The number of alkyl halides is 5. The highest BCUT2D eigenvalue weighted by atomic mass is 19.4. The summed E-state index contributed by atoms with van der Waals surface area (Å²) in [5.41, 5.74) is 2.02. The number of rotatable bonds is 3. The predicted octanol–water partition coefficient (Wildman–Crippen LogP) is 2.56. The maximum Gasteiger partial charge on any atom is 0.418 e. The normalized spacial score (nSPS) is 11.7. The average molecular weight is 265 g/mol. The summed E-state index contributed by atoms with van der Waals surface area (Å²) in [6.45, 7) is -0.484. The second kappa shape index (κ2) is 5.27. The lowest BCUT2D eigenvalue weighted by Gasteiger charge is -2.15. The molecule has 0 radical (unpaired) electrons. The van der Waals surface area contributed by atoms with Crippen molar-refractivity contribution in [1.29, 1.82) is 5.26 Å². The van der Waals surface area contributed by atoms with Gasteiger partial charge in [-0.05, 0) is 11.6 Å². The van der Waals surface area contributed by atoms with Gasteiger partial charge in [-0.1, -0.05) is 0 Å². The maximum absolute atomic E-state index is 12.6. The van der Waals surface area contributed by atoms with Crippen LogP contribution >= 0.6 is 0 Å². The standard InChI is InChI=1S/C10H8F5N3/c11-9(12)8-5(4-17)3-6(10(13,14)15)7(18-8)1-2-16/h3,9H,1,4,17H2. The van der Waals surface area contributed by atoms with Crippen molar-refractivity contribution >= 4 is 0 Å². The quantitative estimate of drug-likeness (QED) is 0.854. The molecule has 0 aromatic carbocycles. The van der Waals surface area contributed by atoms with Crippen LogP contribution in [0.25, 0.3) is 0 Å². The van der Waals surface area contributed by atoms with Crippen LogP contribution in [-0.4, -0.2) is 4.98 Å². The molecule has 1 heterocycles. The number of hydrogen-bond acceptors (Lipinski definition) is 3. The van der Waals surface area contributed by atoms with Crippen molar-refractivity contribution in [1.82, 2.24) is 4.98 Å². The van der Waals surface area contributed by atoms with Gasteiger partial charge in [-0.3, -0.25) is 0 Å². The van der Waals surface area contributed by atoms with Gasteiger partial charge in [-0.15, -0.1) is 0 Å². The van der Waals surface area contributed by atoms with Crippen LogP contribution in [0.3, 0.4) is 0 Å². The number of hydrogen-bond donors (Lipinski definition) is 1. The van der Waals surface area contributed by atoms with Crippen LogP contribution in [0, 0.1) is 11.3 Å². The topological polar surface area (TPSA) is 62.7 Å². The van der Waals surface area contributed by atoms with E-state index in [1.54, 1.807) is 0 Å². The summed E-state index contributed by atoms with van der Waals surface area (Å²) in [6, 6.07) is 1.99. The summed E-state index contributed by atoms with van der Waals surface area (Å²) in [7, 11) is 0. The van der Waals surface area contributed by atoms with E-state index in [0.717, 1.165) is 0 Å². The zero-order valence-electron chi connectivity index (χ0n) is 8.93. The van der Waals surface area contributed by atoms with Gasteiger partial charge < -0.3 is 5.73 Å². The van der Waals surface area contributed by atoms with Crippen molar-refractivity contribution in [3.8, 4) is 6.07 Å². The Bertz CT molecular complexity index is 476. The van der Waals surface area contributed by atoms with Crippen molar-refractivity contribution in [2.24, 2.45) is 5.73 Å². The summed E-state index contributed by atoms with van der Waals surface area (Å²) in [4.78, 5) is 3.23. The molecule has 0 bridgehead atoms. The van der Waals surface area contributed by atoms with Crippen LogP contribution in [0.1, 0.15) is 28.9 Å². The van der Waals surface area contributed by atoms with Crippen LogP contribution in [0.15, 0.2) is 6.07 Å². The molecule has 0 unspecified atom stereocenters. The number of pyridine rings is 1. The molecular formula is C10H8F5N3. The first kappa shape index (κ1) is 14.3. The van der Waals surface area contributed by atoms with Crippen LogP contribution in [0.4, 0.5) is 22.0 Å². The fraction of sp³-hybridized carbons (Fsp3) is 0.400. The van der Waals surface area contributed by atoms with E-state index < -0.39 is 42.5 Å². The zero-order chi connectivity index (χ0) is 13.9. The number of nitrogens with zero attached hydrogens (tertiary/aromatic N) is 2. The summed E-state index contributed by atoms with van der Waals surface area (Å²) < 4.78 is 63.1. The fourth-order valence-electron chi connectivity index (χ4n) is 1.42. The first-order valence-corrected chi connectivity index (χ1v) is 4.76. The van der Waals surface area contributed by atoms with Crippen LogP contribution in [-0.2, 0) is 19.1 Å². The Hall–Kier alpha value is -1.75. The summed E-state index contributed by atoms with van der Waals surface area (Å²) in [5.74, 6) is 0. The number of aromatic nitrogens is 1. The van der Waals surface area contributed by atoms with E-state index in [9.17, 15) is 22.0 Å². The third-order valence-corrected chi connectivity index (χ3v) is 2.19. The van der Waals surface area contributed by atoms with Crippen LogP contribution in [0.5, 0.6) is 0 Å². The third kappa shape index (κ3) is 2.92. The molecule has 1 aromatic rings. The Morgan fingerprint density at radius 2 is 2.00 bits per heavy atom. The predicted molar refractivity (Wildman–Crippen MR) is 51.4 cm³/mol. The van der Waals surface area contributed by atoms with E-state index >= 15 is 0 Å². The Morgan fingerprint density at radius 3 is 2.39 bits per heavy atom. The first-order chi connectivity index (χ1) is 8.31. The molecule has 98 valence electrons. The molecule has 1 rings (SSSR count). The number of nitriles is 1. The van der Waals surface area contributed by atoms with Gasteiger partial charge in [-0.2, -0.15) is 18.4 Å². The van der Waals surface area contributed by atoms with E-state index in [4.69, 9.17) is 11.0 Å². The Morgan fingerprint density at radius 1 is 1.39 bits per heavy atom. The summed E-state index contributed by atoms with van der Waals surface area (Å²) in [6.07, 6.45) is -8.49. The lowest BCUT2D eigenvalue weighted by molar-refractivity contribution is -0.138. The van der Waals surface area contributed by atoms with Gasteiger partial charge in [0.2, 0.25) is 0 Å². The lowest BCUT2D eigenvalue weighted by atomic mass is 10.1. The van der Waals surface area contributed by atoms with E-state index in [2.05, 4.69) is 4.98 Å². The minimum Gasteiger partial charge on any atom is -0.326 e. The van der Waals surface area contributed by atoms with Gasteiger partial charge in [-0.25, -0.2) is 13.8 Å². The highest BCUT2D eigenvalue weighted by Gasteiger charge is 2.35. The molecule has 0 aliphatic carbocycles. The first-order valence-electron chi connectivity index (χ1n) is 4.76. The molecule has 0 atom stereocenters. The molecule has 0 saturated heterocycles. The van der Waals surface area contributed by atoms with Gasteiger partial charge in [0, 0.05) is 6.54 Å². The van der Waals surface area contributed by atoms with Gasteiger partial charge in [0.25, 0.3) is 6.43 Å². The summed E-state index contributed by atoms with van der Waals surface area (Å²) >= 11 is 0. The van der Waals surface area contributed by atoms with Crippen molar-refractivity contribution in [2.75, 3.05) is 0 Å². The molecule has 0 aliphatic heterocycles. The van der Waals surface area contributed by atoms with Gasteiger partial charge in [0.15, 0.2) is 0 Å². The minimum absolute atomic E-state index is 0.376. The van der Waals surface area contributed by atoms with Crippen molar-refractivity contribution < 1.29 is 22.0 Å². The zero-order valence-corrected chi connectivity index (χ0v) is 8.93. The monoisotopic (exact) mass is 265 g/mol. The largest absolute Gasteiger partial charge is 0.418 e. The SMILES string of the molecule is N#CCc1nc(C(F)F)c(CN)cc1C(F)(F)F. The highest BCUT2D eigenvalue weighted by molar-refractivity contribution is 5.34. The number of nitrogens with two attached hydrogens (primary N) is 1. The molecule has 1 aromatic heterocycles. The summed E-state index contributed by atoms with van der Waals surface area (Å²) in [5, 5.41) is 8.40. The third-order valence-electron chi connectivity index (χ3n) is 2.19. The smallest absolute Gasteiger partial charge is 0.326 e. The molecule has 0 spiro atoms. The van der Waals surface area contributed by atoms with E-state index in [1.807, 2.05) is 0 Å². The van der Waals surface area contributed by atoms with Crippen molar-refractivity contribution in [2.45, 2.75) is 25.6 Å². The molecule has 0 fully saturated rings. The molecule has 0 aliphatic rings. The maximum atomic E-state index is 12.6.